The first-order valence-corrected chi connectivity index (χ1v) is 13.2. The Labute approximate surface area is 214 Å². The van der Waals surface area contributed by atoms with Gasteiger partial charge in [0.25, 0.3) is 0 Å². The average Bonchev–Trinajstić information content (AvgIpc) is 3.32. The molecule has 5 nitrogen and oxygen atoms in total. The fraction of sp³-hybridized carbons (Fsp3) is 0.467. The van der Waals surface area contributed by atoms with Gasteiger partial charge < -0.3 is 15.6 Å². The van der Waals surface area contributed by atoms with E-state index in [1.54, 1.807) is 0 Å². The summed E-state index contributed by atoms with van der Waals surface area (Å²) < 4.78 is 14.2. The van der Waals surface area contributed by atoms with Crippen molar-refractivity contribution in [1.82, 2.24) is 14.9 Å². The number of hydrogen-bond acceptors (Lipinski definition) is 4. The van der Waals surface area contributed by atoms with E-state index in [4.69, 9.17) is 5.73 Å². The molecule has 4 aliphatic rings. The Kier molecular flexibility index (Phi) is 7.94. The fourth-order valence-electron chi connectivity index (χ4n) is 6.29. The molecule has 192 valence electrons. The second kappa shape index (κ2) is 11.0. The molecule has 1 unspecified atom stereocenters. The fourth-order valence-corrected chi connectivity index (χ4v) is 6.29. The number of nitrogens with zero attached hydrogens (tertiary/aromatic N) is 2. The Morgan fingerprint density at radius 3 is 2.58 bits per heavy atom. The lowest BCUT2D eigenvalue weighted by Crippen LogP contribution is -2.49. The third kappa shape index (κ3) is 5.24. The van der Waals surface area contributed by atoms with Gasteiger partial charge in [0.05, 0.1) is 24.3 Å². The molecule has 1 aromatic carbocycles. The van der Waals surface area contributed by atoms with Gasteiger partial charge in [-0.3, -0.25) is 4.79 Å². The first kappa shape index (κ1) is 26.1. The average molecular weight is 491 g/mol. The number of ketones is 1. The second-order valence-electron chi connectivity index (χ2n) is 10.5. The van der Waals surface area contributed by atoms with Crippen LogP contribution in [0.15, 0.2) is 67.2 Å². The van der Waals surface area contributed by atoms with Crippen LogP contribution in [0, 0.1) is 11.2 Å². The van der Waals surface area contributed by atoms with E-state index in [2.05, 4.69) is 34.4 Å². The van der Waals surface area contributed by atoms with Gasteiger partial charge in [-0.15, -0.1) is 0 Å². The maximum absolute atomic E-state index is 13.7. The van der Waals surface area contributed by atoms with Crippen molar-refractivity contribution in [2.75, 3.05) is 12.3 Å². The van der Waals surface area contributed by atoms with Crippen molar-refractivity contribution < 1.29 is 9.18 Å². The maximum Gasteiger partial charge on any atom is 0.141 e. The smallest absolute Gasteiger partial charge is 0.141 e. The van der Waals surface area contributed by atoms with Gasteiger partial charge in [-0.25, -0.2) is 9.37 Å². The summed E-state index contributed by atoms with van der Waals surface area (Å²) in [6.45, 7) is 9.51. The first-order chi connectivity index (χ1) is 17.3. The number of carbonyl (C=O) groups is 1. The minimum atomic E-state index is -0.251. The van der Waals surface area contributed by atoms with Crippen LogP contribution in [0.2, 0.25) is 0 Å². The number of hydrogen-bond donors (Lipinski definition) is 2. The van der Waals surface area contributed by atoms with Gasteiger partial charge in [0.1, 0.15) is 11.6 Å². The highest BCUT2D eigenvalue weighted by atomic mass is 19.1. The van der Waals surface area contributed by atoms with E-state index < -0.39 is 0 Å². The van der Waals surface area contributed by atoms with Gasteiger partial charge in [0, 0.05) is 23.1 Å². The molecule has 0 amide bonds. The zero-order chi connectivity index (χ0) is 25.8. The standard InChI is InChI=1S/C24H33N3O.C6H6FN/c1-4-6-8-19-18(3)21-16-25-17-27(21)20(19)15-22(28)23-9-7-10-24(13-11-23,14-12-23)26-5-2;7-5-1-3-6(8)4-2-5/h4,6,8,16-17,20,26H,3,5,7,9-15H2,1-2H3;1-4H,8H2/b6-4-,19-8+;. The second-order valence-corrected chi connectivity index (χ2v) is 10.5. The van der Waals surface area contributed by atoms with Crippen LogP contribution in [0.3, 0.4) is 0 Å². The number of anilines is 1. The van der Waals surface area contributed by atoms with Crippen LogP contribution < -0.4 is 11.1 Å². The van der Waals surface area contributed by atoms with Crippen LogP contribution in [0.25, 0.3) is 5.57 Å². The molecule has 2 aromatic rings. The number of benzene rings is 1. The summed E-state index contributed by atoms with van der Waals surface area (Å²) in [5.41, 5.74) is 9.22. The number of fused-ring (bicyclic) bond motifs is 5. The summed E-state index contributed by atoms with van der Waals surface area (Å²) in [7, 11) is 0. The predicted molar refractivity (Wildman–Crippen MR) is 145 cm³/mol. The van der Waals surface area contributed by atoms with E-state index in [0.29, 0.717) is 17.9 Å². The molecule has 2 bridgehead atoms. The van der Waals surface area contributed by atoms with E-state index >= 15 is 0 Å². The van der Waals surface area contributed by atoms with Crippen molar-refractivity contribution in [3.63, 3.8) is 0 Å². The Morgan fingerprint density at radius 2 is 1.94 bits per heavy atom. The summed E-state index contributed by atoms with van der Waals surface area (Å²) in [6.07, 6.45) is 18.3. The number of nitrogens with one attached hydrogen (secondary N) is 1. The van der Waals surface area contributed by atoms with Crippen molar-refractivity contribution in [2.45, 2.75) is 76.8 Å². The molecular weight excluding hydrogens is 451 g/mol. The number of imidazole rings is 1. The van der Waals surface area contributed by atoms with Gasteiger partial charge in [-0.2, -0.15) is 0 Å². The van der Waals surface area contributed by atoms with Gasteiger partial charge in [0.2, 0.25) is 0 Å². The van der Waals surface area contributed by atoms with Crippen LogP contribution in [0.1, 0.15) is 76.9 Å². The Bertz CT molecular complexity index is 1110. The van der Waals surface area contributed by atoms with E-state index in [1.807, 2.05) is 31.6 Å². The number of nitrogen functional groups attached to an aromatic ring is 1. The van der Waals surface area contributed by atoms with E-state index in [1.165, 1.54) is 30.7 Å². The Balaban J connectivity index is 0.000000325. The van der Waals surface area contributed by atoms with Crippen LogP contribution in [-0.4, -0.2) is 27.4 Å². The maximum atomic E-state index is 13.7. The molecule has 1 atom stereocenters. The molecule has 0 saturated heterocycles. The molecule has 1 aromatic heterocycles. The largest absolute Gasteiger partial charge is 0.399 e. The molecule has 3 fully saturated rings. The van der Waals surface area contributed by atoms with Crippen molar-refractivity contribution in [2.24, 2.45) is 5.41 Å². The predicted octanol–water partition coefficient (Wildman–Crippen LogP) is 6.41. The number of rotatable bonds is 6. The number of carbonyl (C=O) groups excluding carboxylic acids is 1. The Morgan fingerprint density at radius 1 is 1.22 bits per heavy atom. The Hall–Kier alpha value is -2.99. The molecule has 0 radical (unpaired) electrons. The molecule has 2 heterocycles. The summed E-state index contributed by atoms with van der Waals surface area (Å²) in [4.78, 5) is 18.0. The van der Waals surface area contributed by atoms with Crippen LogP contribution >= 0.6 is 0 Å². The molecule has 0 spiro atoms. The molecule has 3 saturated carbocycles. The van der Waals surface area contributed by atoms with Crippen molar-refractivity contribution >= 4 is 17.0 Å². The molecule has 3 N–H and O–H groups in total. The van der Waals surface area contributed by atoms with Gasteiger partial charge in [-0.05, 0) is 87.4 Å². The monoisotopic (exact) mass is 490 g/mol. The van der Waals surface area contributed by atoms with Gasteiger partial charge >= 0.3 is 0 Å². The lowest BCUT2D eigenvalue weighted by atomic mass is 9.65. The number of allylic oxidation sites excluding steroid dienone is 5. The van der Waals surface area contributed by atoms with E-state index in [-0.39, 0.29) is 22.8 Å². The normalized spacial score (nSPS) is 28.1. The zero-order valence-electron chi connectivity index (χ0n) is 21.6. The van der Waals surface area contributed by atoms with E-state index in [0.717, 1.165) is 61.9 Å². The topological polar surface area (TPSA) is 72.9 Å². The quantitative estimate of drug-likeness (QED) is 0.459. The molecule has 1 aliphatic heterocycles. The SMILES string of the molecule is C=C1/C(=C\C=C/C)C(CC(=O)C23CCCC(NCC)(CC2)CC3)n2cncc21.Nc1ccc(F)cc1. The van der Waals surface area contributed by atoms with Crippen molar-refractivity contribution in [1.29, 1.82) is 0 Å². The van der Waals surface area contributed by atoms with E-state index in [9.17, 15) is 9.18 Å². The van der Waals surface area contributed by atoms with Crippen molar-refractivity contribution in [3.05, 3.63) is 78.7 Å². The molecule has 36 heavy (non-hydrogen) atoms. The molecule has 6 heteroatoms. The summed E-state index contributed by atoms with van der Waals surface area (Å²) in [5, 5.41) is 3.75. The third-order valence-electron chi connectivity index (χ3n) is 8.35. The summed E-state index contributed by atoms with van der Waals surface area (Å²) >= 11 is 0. The highest BCUT2D eigenvalue weighted by Crippen LogP contribution is 2.52. The molecule has 3 aliphatic carbocycles. The minimum absolute atomic E-state index is 0.0341. The van der Waals surface area contributed by atoms with Crippen LogP contribution in [0.5, 0.6) is 0 Å². The molecular formula is C30H39FN4O. The van der Waals surface area contributed by atoms with Crippen molar-refractivity contribution in [3.8, 4) is 0 Å². The number of Topliss-reactive ketones (excluding diaryl/α,β-unsaturated/α-hetero) is 1. The third-order valence-corrected chi connectivity index (χ3v) is 8.35. The van der Waals surface area contributed by atoms with Crippen LogP contribution in [-0.2, 0) is 4.79 Å². The number of aromatic nitrogens is 2. The minimum Gasteiger partial charge on any atom is -0.399 e. The van der Waals surface area contributed by atoms with Gasteiger partial charge in [-0.1, -0.05) is 38.2 Å². The number of nitrogens with two attached hydrogens (primary N) is 1. The first-order valence-electron chi connectivity index (χ1n) is 13.2. The summed E-state index contributed by atoms with van der Waals surface area (Å²) in [5.74, 6) is 0.199. The molecule has 6 rings (SSSR count). The lowest BCUT2D eigenvalue weighted by molar-refractivity contribution is -0.131. The highest BCUT2D eigenvalue weighted by Gasteiger charge is 2.49. The van der Waals surface area contributed by atoms with Gasteiger partial charge in [0.15, 0.2) is 0 Å². The highest BCUT2D eigenvalue weighted by molar-refractivity contribution is 5.88. The summed E-state index contributed by atoms with van der Waals surface area (Å²) in [6, 6.07) is 5.74. The zero-order valence-corrected chi connectivity index (χ0v) is 21.6. The lowest BCUT2D eigenvalue weighted by Gasteiger charge is -2.43. The van der Waals surface area contributed by atoms with Crippen LogP contribution in [0.4, 0.5) is 10.1 Å². The number of halogens is 1.